The number of amides is 2. The number of nitrogens with zero attached hydrogens (tertiary/aromatic N) is 2. The van der Waals surface area contributed by atoms with Crippen LogP contribution in [0.15, 0.2) is 60.8 Å². The van der Waals surface area contributed by atoms with E-state index < -0.39 is 5.92 Å². The Kier molecular flexibility index (Phi) is 5.86. The maximum Gasteiger partial charge on any atom is 0.227 e. The maximum absolute atomic E-state index is 12.9. The Bertz CT molecular complexity index is 1030. The average molecular weight is 423 g/mol. The minimum atomic E-state index is -0.397. The molecule has 1 aliphatic rings. The van der Waals surface area contributed by atoms with Gasteiger partial charge in [0.1, 0.15) is 5.82 Å². The summed E-state index contributed by atoms with van der Waals surface area (Å²) in [5.41, 5.74) is 2.70. The highest BCUT2D eigenvalue weighted by molar-refractivity contribution is 6.30. The van der Waals surface area contributed by atoms with Gasteiger partial charge in [0, 0.05) is 23.7 Å². The van der Waals surface area contributed by atoms with E-state index in [2.05, 4.69) is 15.3 Å². The van der Waals surface area contributed by atoms with Gasteiger partial charge in [-0.2, -0.15) is 0 Å². The van der Waals surface area contributed by atoms with Crippen LogP contribution in [-0.2, 0) is 9.59 Å². The topological polar surface area (TPSA) is 78.1 Å². The van der Waals surface area contributed by atoms with Crippen molar-refractivity contribution < 1.29 is 9.59 Å². The quantitative estimate of drug-likeness (QED) is 0.619. The monoisotopic (exact) mass is 422 g/mol. The van der Waals surface area contributed by atoms with Crippen molar-refractivity contribution in [3.63, 3.8) is 0 Å². The average Bonchev–Trinajstić information content (AvgIpc) is 3.40. The highest BCUT2D eigenvalue weighted by atomic mass is 35.5. The molecule has 30 heavy (non-hydrogen) atoms. The summed E-state index contributed by atoms with van der Waals surface area (Å²) in [7, 11) is 0. The highest BCUT2D eigenvalue weighted by Crippen LogP contribution is 2.27. The van der Waals surface area contributed by atoms with Crippen LogP contribution in [-0.4, -0.2) is 28.3 Å². The van der Waals surface area contributed by atoms with Gasteiger partial charge in [-0.1, -0.05) is 48.9 Å². The van der Waals surface area contributed by atoms with Gasteiger partial charge in [0.05, 0.1) is 23.9 Å². The zero-order chi connectivity index (χ0) is 21.1. The van der Waals surface area contributed by atoms with Crippen LogP contribution in [0.2, 0.25) is 5.02 Å². The number of halogens is 1. The fraction of sp³-hybridized carbons (Fsp3) is 0.261. The van der Waals surface area contributed by atoms with E-state index >= 15 is 0 Å². The normalized spacial score (nSPS) is 17.2. The van der Waals surface area contributed by atoms with Crippen molar-refractivity contribution in [2.75, 3.05) is 11.4 Å². The van der Waals surface area contributed by atoms with Crippen LogP contribution in [0.25, 0.3) is 11.3 Å². The molecule has 2 amide bonds. The van der Waals surface area contributed by atoms with E-state index in [0.717, 1.165) is 16.9 Å². The van der Waals surface area contributed by atoms with Gasteiger partial charge in [0.15, 0.2) is 0 Å². The Labute approximate surface area is 180 Å². The number of imidazole rings is 1. The smallest absolute Gasteiger partial charge is 0.227 e. The summed E-state index contributed by atoms with van der Waals surface area (Å²) in [6, 6.07) is 16.8. The van der Waals surface area contributed by atoms with E-state index in [-0.39, 0.29) is 24.3 Å². The summed E-state index contributed by atoms with van der Waals surface area (Å²) in [6.45, 7) is 2.35. The van der Waals surface area contributed by atoms with Crippen molar-refractivity contribution in [1.29, 1.82) is 0 Å². The molecule has 0 spiro atoms. The molecule has 2 atom stereocenters. The Morgan fingerprint density at radius 3 is 2.67 bits per heavy atom. The lowest BCUT2D eigenvalue weighted by molar-refractivity contribution is -0.127. The first-order chi connectivity index (χ1) is 14.5. The van der Waals surface area contributed by atoms with Gasteiger partial charge >= 0.3 is 0 Å². The predicted molar refractivity (Wildman–Crippen MR) is 117 cm³/mol. The molecule has 2 heterocycles. The molecule has 1 aromatic heterocycles. The number of carbonyl (C=O) groups is 2. The van der Waals surface area contributed by atoms with Crippen molar-refractivity contribution in [1.82, 2.24) is 15.3 Å². The van der Waals surface area contributed by atoms with Crippen molar-refractivity contribution in [2.24, 2.45) is 5.92 Å². The summed E-state index contributed by atoms with van der Waals surface area (Å²) >= 11 is 5.93. The molecular formula is C23H23ClN4O2. The number of benzene rings is 2. The zero-order valence-corrected chi connectivity index (χ0v) is 17.4. The van der Waals surface area contributed by atoms with Gasteiger partial charge in [-0.25, -0.2) is 4.98 Å². The van der Waals surface area contributed by atoms with E-state index in [4.69, 9.17) is 11.6 Å². The second kappa shape index (κ2) is 8.71. The first-order valence-corrected chi connectivity index (χ1v) is 10.4. The lowest BCUT2D eigenvalue weighted by Crippen LogP contribution is -2.35. The third-order valence-corrected chi connectivity index (χ3v) is 5.62. The van der Waals surface area contributed by atoms with Gasteiger partial charge in [-0.3, -0.25) is 9.59 Å². The Balaban J connectivity index is 1.43. The summed E-state index contributed by atoms with van der Waals surface area (Å²) in [4.78, 5) is 34.8. The summed E-state index contributed by atoms with van der Waals surface area (Å²) in [6.07, 6.45) is 2.66. The number of H-pyrrole nitrogens is 1. The molecule has 154 valence electrons. The number of carbonyl (C=O) groups excluding carboxylic acids is 2. The molecule has 3 aromatic rings. The molecule has 2 aromatic carbocycles. The van der Waals surface area contributed by atoms with Crippen LogP contribution in [0.4, 0.5) is 5.69 Å². The van der Waals surface area contributed by atoms with E-state index in [0.29, 0.717) is 23.8 Å². The molecule has 7 heteroatoms. The third-order valence-electron chi connectivity index (χ3n) is 5.37. The minimum absolute atomic E-state index is 0.0603. The zero-order valence-electron chi connectivity index (χ0n) is 16.6. The molecule has 0 radical (unpaired) electrons. The van der Waals surface area contributed by atoms with Gasteiger partial charge in [-0.05, 0) is 36.2 Å². The van der Waals surface area contributed by atoms with Gasteiger partial charge < -0.3 is 15.2 Å². The Morgan fingerprint density at radius 1 is 1.23 bits per heavy atom. The predicted octanol–water partition coefficient (Wildman–Crippen LogP) is 4.35. The molecule has 0 aliphatic carbocycles. The van der Waals surface area contributed by atoms with Gasteiger partial charge in [0.25, 0.3) is 0 Å². The van der Waals surface area contributed by atoms with Crippen LogP contribution in [0.5, 0.6) is 0 Å². The van der Waals surface area contributed by atoms with Crippen molar-refractivity contribution in [3.8, 4) is 11.3 Å². The van der Waals surface area contributed by atoms with E-state index in [9.17, 15) is 9.59 Å². The molecule has 1 fully saturated rings. The SMILES string of the molecule is CCC(NC(=O)C1CC(=O)N(c2ccc(Cl)cc2)C1)c1ncc(-c2ccccc2)[nH]1. The lowest BCUT2D eigenvalue weighted by Gasteiger charge is -2.19. The van der Waals surface area contributed by atoms with E-state index in [1.54, 1.807) is 35.4 Å². The molecule has 0 saturated carbocycles. The van der Waals surface area contributed by atoms with Crippen molar-refractivity contribution in [3.05, 3.63) is 71.6 Å². The summed E-state index contributed by atoms with van der Waals surface area (Å²) in [5.74, 6) is 0.119. The number of hydrogen-bond donors (Lipinski definition) is 2. The number of anilines is 1. The second-order valence-corrected chi connectivity index (χ2v) is 7.84. The first kappa shape index (κ1) is 20.2. The molecule has 2 N–H and O–H groups in total. The number of hydrogen-bond acceptors (Lipinski definition) is 3. The lowest BCUT2D eigenvalue weighted by atomic mass is 10.1. The largest absolute Gasteiger partial charge is 0.346 e. The molecule has 0 bridgehead atoms. The van der Waals surface area contributed by atoms with Crippen LogP contribution in [0.3, 0.4) is 0 Å². The molecule has 4 rings (SSSR count). The number of aromatic amines is 1. The fourth-order valence-corrected chi connectivity index (χ4v) is 3.81. The maximum atomic E-state index is 12.9. The molecule has 2 unspecified atom stereocenters. The van der Waals surface area contributed by atoms with E-state index in [1.165, 1.54) is 0 Å². The second-order valence-electron chi connectivity index (χ2n) is 7.40. The van der Waals surface area contributed by atoms with Gasteiger partial charge in [-0.15, -0.1) is 0 Å². The Hall–Kier alpha value is -3.12. The third kappa shape index (κ3) is 4.24. The fourth-order valence-electron chi connectivity index (χ4n) is 3.69. The highest BCUT2D eigenvalue weighted by Gasteiger charge is 2.36. The summed E-state index contributed by atoms with van der Waals surface area (Å²) in [5, 5.41) is 3.67. The number of rotatable bonds is 6. The minimum Gasteiger partial charge on any atom is -0.346 e. The number of aromatic nitrogens is 2. The summed E-state index contributed by atoms with van der Waals surface area (Å²) < 4.78 is 0. The first-order valence-electron chi connectivity index (χ1n) is 10.0. The molecular weight excluding hydrogens is 400 g/mol. The molecule has 1 saturated heterocycles. The molecule has 6 nitrogen and oxygen atoms in total. The van der Waals surface area contributed by atoms with E-state index in [1.807, 2.05) is 37.3 Å². The van der Waals surface area contributed by atoms with Gasteiger partial charge in [0.2, 0.25) is 11.8 Å². The Morgan fingerprint density at radius 2 is 1.97 bits per heavy atom. The van der Waals surface area contributed by atoms with Crippen LogP contribution in [0, 0.1) is 5.92 Å². The van der Waals surface area contributed by atoms with Crippen molar-refractivity contribution >= 4 is 29.1 Å². The van der Waals surface area contributed by atoms with Crippen LogP contribution < -0.4 is 10.2 Å². The van der Waals surface area contributed by atoms with Crippen LogP contribution in [0.1, 0.15) is 31.6 Å². The van der Waals surface area contributed by atoms with Crippen LogP contribution >= 0.6 is 11.6 Å². The van der Waals surface area contributed by atoms with Crippen molar-refractivity contribution in [2.45, 2.75) is 25.8 Å². The molecule has 1 aliphatic heterocycles. The standard InChI is InChI=1S/C23H23ClN4O2/c1-2-19(22-25-13-20(26-22)15-6-4-3-5-7-15)27-23(30)16-12-21(29)28(14-16)18-10-8-17(24)9-11-18/h3-11,13,16,19H,2,12,14H2,1H3,(H,25,26)(H,27,30). The number of nitrogens with one attached hydrogen (secondary N) is 2.